The molecule has 1 aromatic rings. The maximum atomic E-state index is 12.1. The number of benzene rings is 1. The molecular formula is C12H13F2NO2. The lowest BCUT2D eigenvalue weighted by atomic mass is 10.1. The van der Waals surface area contributed by atoms with Crippen LogP contribution >= 0.6 is 0 Å². The lowest BCUT2D eigenvalue weighted by Crippen LogP contribution is -2.14. The monoisotopic (exact) mass is 241 g/mol. The van der Waals surface area contributed by atoms with Gasteiger partial charge in [-0.25, -0.2) is 0 Å². The van der Waals surface area contributed by atoms with E-state index in [0.29, 0.717) is 17.9 Å². The van der Waals surface area contributed by atoms with Gasteiger partial charge in [-0.05, 0) is 23.8 Å². The average molecular weight is 241 g/mol. The predicted molar refractivity (Wildman–Crippen MR) is 58.7 cm³/mol. The first-order valence-corrected chi connectivity index (χ1v) is 5.30. The maximum Gasteiger partial charge on any atom is 0.387 e. The van der Waals surface area contributed by atoms with Crippen molar-refractivity contribution in [3.05, 3.63) is 41.7 Å². The molecule has 0 bridgehead atoms. The summed E-state index contributed by atoms with van der Waals surface area (Å²) in [5, 5.41) is 0. The highest BCUT2D eigenvalue weighted by Gasteiger charge is 2.17. The fourth-order valence-corrected chi connectivity index (χ4v) is 1.70. The van der Waals surface area contributed by atoms with E-state index in [9.17, 15) is 8.78 Å². The molecule has 1 aromatic carbocycles. The van der Waals surface area contributed by atoms with Crippen LogP contribution in [0.4, 0.5) is 8.78 Å². The molecule has 0 saturated carbocycles. The Kier molecular flexibility index (Phi) is 3.58. The molecule has 0 fully saturated rings. The van der Waals surface area contributed by atoms with E-state index < -0.39 is 12.7 Å². The molecule has 0 spiro atoms. The minimum absolute atomic E-state index is 0.103. The van der Waals surface area contributed by atoms with Crippen molar-refractivity contribution in [1.29, 1.82) is 0 Å². The Morgan fingerprint density at radius 1 is 1.35 bits per heavy atom. The van der Waals surface area contributed by atoms with Crippen LogP contribution < -0.4 is 10.5 Å². The van der Waals surface area contributed by atoms with Gasteiger partial charge >= 0.3 is 6.61 Å². The van der Waals surface area contributed by atoms with Crippen LogP contribution in [-0.2, 0) is 4.74 Å². The van der Waals surface area contributed by atoms with Crippen LogP contribution in [0, 0.1) is 0 Å². The van der Waals surface area contributed by atoms with Crippen LogP contribution in [-0.4, -0.2) is 13.2 Å². The van der Waals surface area contributed by atoms with Gasteiger partial charge in [0, 0.05) is 6.42 Å². The second-order valence-corrected chi connectivity index (χ2v) is 3.67. The van der Waals surface area contributed by atoms with Crippen LogP contribution in [0.3, 0.4) is 0 Å². The Hall–Kier alpha value is -1.62. The molecule has 1 atom stereocenters. The lowest BCUT2D eigenvalue weighted by Gasteiger charge is -2.14. The van der Waals surface area contributed by atoms with Crippen LogP contribution in [0.5, 0.6) is 5.75 Å². The molecule has 1 aliphatic heterocycles. The zero-order valence-electron chi connectivity index (χ0n) is 9.11. The second-order valence-electron chi connectivity index (χ2n) is 3.67. The molecule has 0 radical (unpaired) electrons. The topological polar surface area (TPSA) is 44.5 Å². The van der Waals surface area contributed by atoms with Crippen LogP contribution in [0.25, 0.3) is 0 Å². The Balaban J connectivity index is 2.14. The summed E-state index contributed by atoms with van der Waals surface area (Å²) >= 11 is 0. The third-order valence-corrected chi connectivity index (χ3v) is 2.48. The first-order chi connectivity index (χ1) is 8.16. The molecule has 0 aliphatic carbocycles. The van der Waals surface area contributed by atoms with E-state index in [4.69, 9.17) is 10.5 Å². The maximum absolute atomic E-state index is 12.1. The van der Waals surface area contributed by atoms with E-state index in [1.165, 1.54) is 12.1 Å². The molecule has 3 nitrogen and oxygen atoms in total. The highest BCUT2D eigenvalue weighted by molar-refractivity contribution is 5.33. The summed E-state index contributed by atoms with van der Waals surface area (Å²) in [6, 6.07) is 5.92. The SMILES string of the molecule is NC(C1=CCCO1)c1cccc(OC(F)F)c1. The number of alkyl halides is 2. The largest absolute Gasteiger partial charge is 0.496 e. The molecule has 0 amide bonds. The van der Waals surface area contributed by atoms with E-state index in [2.05, 4.69) is 4.74 Å². The van der Waals surface area contributed by atoms with Gasteiger partial charge in [0.25, 0.3) is 0 Å². The number of ether oxygens (including phenoxy) is 2. The summed E-state index contributed by atoms with van der Waals surface area (Å²) in [6.45, 7) is -2.21. The molecule has 1 heterocycles. The van der Waals surface area contributed by atoms with Crippen molar-refractivity contribution in [3.8, 4) is 5.75 Å². The number of hydrogen-bond acceptors (Lipinski definition) is 3. The van der Waals surface area contributed by atoms with E-state index in [1.54, 1.807) is 12.1 Å². The Bertz CT molecular complexity index is 421. The minimum atomic E-state index is -2.83. The summed E-state index contributed by atoms with van der Waals surface area (Å²) in [4.78, 5) is 0. The van der Waals surface area contributed by atoms with Crippen LogP contribution in [0.2, 0.25) is 0 Å². The fourth-order valence-electron chi connectivity index (χ4n) is 1.70. The van der Waals surface area contributed by atoms with Gasteiger partial charge in [-0.15, -0.1) is 0 Å². The van der Waals surface area contributed by atoms with E-state index in [1.807, 2.05) is 6.08 Å². The normalized spacial score (nSPS) is 16.6. The van der Waals surface area contributed by atoms with E-state index in [-0.39, 0.29) is 5.75 Å². The number of halogens is 2. The fraction of sp³-hybridized carbons (Fsp3) is 0.333. The molecule has 2 rings (SSSR count). The summed E-state index contributed by atoms with van der Waals surface area (Å²) in [7, 11) is 0. The van der Waals surface area contributed by atoms with Gasteiger partial charge in [-0.3, -0.25) is 0 Å². The lowest BCUT2D eigenvalue weighted by molar-refractivity contribution is -0.0498. The van der Waals surface area contributed by atoms with Gasteiger partial charge in [0.1, 0.15) is 11.5 Å². The van der Waals surface area contributed by atoms with Crippen molar-refractivity contribution in [1.82, 2.24) is 0 Å². The summed E-state index contributed by atoms with van der Waals surface area (Å²) < 4.78 is 33.8. The third kappa shape index (κ3) is 2.94. The minimum Gasteiger partial charge on any atom is -0.496 e. The average Bonchev–Trinajstić information content (AvgIpc) is 2.81. The van der Waals surface area contributed by atoms with Crippen molar-refractivity contribution in [2.75, 3.05) is 6.61 Å². The molecule has 0 aromatic heterocycles. The quantitative estimate of drug-likeness (QED) is 0.881. The Morgan fingerprint density at radius 2 is 2.18 bits per heavy atom. The summed E-state index contributed by atoms with van der Waals surface area (Å²) in [5.74, 6) is 0.783. The number of rotatable bonds is 4. The number of hydrogen-bond donors (Lipinski definition) is 1. The van der Waals surface area contributed by atoms with Crippen molar-refractivity contribution < 1.29 is 18.3 Å². The molecule has 17 heavy (non-hydrogen) atoms. The molecule has 1 aliphatic rings. The predicted octanol–water partition coefficient (Wildman–Crippen LogP) is 2.59. The van der Waals surface area contributed by atoms with Crippen LogP contribution in [0.15, 0.2) is 36.1 Å². The van der Waals surface area contributed by atoms with Gasteiger partial charge in [0.05, 0.1) is 12.6 Å². The molecule has 2 N–H and O–H groups in total. The van der Waals surface area contributed by atoms with E-state index >= 15 is 0 Å². The van der Waals surface area contributed by atoms with Crippen molar-refractivity contribution in [2.45, 2.75) is 19.1 Å². The highest BCUT2D eigenvalue weighted by atomic mass is 19.3. The molecule has 5 heteroatoms. The molecular weight excluding hydrogens is 228 g/mol. The Morgan fingerprint density at radius 3 is 2.82 bits per heavy atom. The number of nitrogens with two attached hydrogens (primary N) is 1. The van der Waals surface area contributed by atoms with Crippen molar-refractivity contribution in [2.24, 2.45) is 5.73 Å². The summed E-state index contributed by atoms with van der Waals surface area (Å²) in [5.41, 5.74) is 6.65. The van der Waals surface area contributed by atoms with Gasteiger partial charge in [0.15, 0.2) is 0 Å². The van der Waals surface area contributed by atoms with Gasteiger partial charge in [-0.2, -0.15) is 8.78 Å². The Labute approximate surface area is 97.8 Å². The first-order valence-electron chi connectivity index (χ1n) is 5.30. The smallest absolute Gasteiger partial charge is 0.387 e. The molecule has 1 unspecified atom stereocenters. The first kappa shape index (κ1) is 11.9. The van der Waals surface area contributed by atoms with Gasteiger partial charge in [-0.1, -0.05) is 12.1 Å². The second kappa shape index (κ2) is 5.14. The standard InChI is InChI=1S/C12H13F2NO2/c13-12(14)17-9-4-1-3-8(7-9)11(15)10-5-2-6-16-10/h1,3-5,7,11-12H,2,6,15H2. The van der Waals surface area contributed by atoms with Crippen molar-refractivity contribution >= 4 is 0 Å². The van der Waals surface area contributed by atoms with E-state index in [0.717, 1.165) is 6.42 Å². The zero-order chi connectivity index (χ0) is 12.3. The molecule has 92 valence electrons. The molecule has 0 saturated heterocycles. The van der Waals surface area contributed by atoms with Crippen molar-refractivity contribution in [3.63, 3.8) is 0 Å². The summed E-state index contributed by atoms with van der Waals surface area (Å²) in [6.07, 6.45) is 2.74. The van der Waals surface area contributed by atoms with Crippen LogP contribution in [0.1, 0.15) is 18.0 Å². The highest BCUT2D eigenvalue weighted by Crippen LogP contribution is 2.27. The zero-order valence-corrected chi connectivity index (χ0v) is 9.11. The van der Waals surface area contributed by atoms with Gasteiger partial charge in [0.2, 0.25) is 0 Å². The third-order valence-electron chi connectivity index (χ3n) is 2.48. The van der Waals surface area contributed by atoms with Gasteiger partial charge < -0.3 is 15.2 Å².